The number of aryl methyl sites for hydroxylation is 1. The summed E-state index contributed by atoms with van der Waals surface area (Å²) >= 11 is 6.22. The van der Waals surface area contributed by atoms with Crippen molar-refractivity contribution < 1.29 is 4.74 Å². The van der Waals surface area contributed by atoms with Gasteiger partial charge in [0.15, 0.2) is 5.75 Å². The lowest BCUT2D eigenvalue weighted by atomic mass is 10.0. The average Bonchev–Trinajstić information content (AvgIpc) is 2.78. The zero-order valence-electron chi connectivity index (χ0n) is 11.1. The Morgan fingerprint density at radius 2 is 2.26 bits per heavy atom. The van der Waals surface area contributed by atoms with Gasteiger partial charge in [-0.2, -0.15) is 5.10 Å². The van der Waals surface area contributed by atoms with Crippen LogP contribution in [0.3, 0.4) is 0 Å². The predicted octanol–water partition coefficient (Wildman–Crippen LogP) is 3.15. The fraction of sp³-hybridized carbons (Fsp3) is 0.357. The molecule has 1 atom stereocenters. The van der Waals surface area contributed by atoms with Gasteiger partial charge in [-0.05, 0) is 30.5 Å². The third kappa shape index (κ3) is 3.72. The van der Waals surface area contributed by atoms with Crippen molar-refractivity contribution in [3.8, 4) is 11.5 Å². The van der Waals surface area contributed by atoms with Gasteiger partial charge >= 0.3 is 0 Å². The Bertz CT molecular complexity index is 553. The lowest BCUT2D eigenvalue weighted by Crippen LogP contribution is -2.21. The van der Waals surface area contributed by atoms with Crippen molar-refractivity contribution in [3.63, 3.8) is 0 Å². The number of halogens is 1. The Kier molecular flexibility index (Phi) is 4.45. The molecule has 0 saturated carbocycles. The van der Waals surface area contributed by atoms with Crippen LogP contribution >= 0.6 is 11.6 Å². The Balaban J connectivity index is 2.10. The van der Waals surface area contributed by atoms with E-state index >= 15 is 0 Å². The summed E-state index contributed by atoms with van der Waals surface area (Å²) in [6.45, 7) is 2.08. The maximum atomic E-state index is 6.22. The molecule has 5 heteroatoms. The highest BCUT2D eigenvalue weighted by atomic mass is 35.5. The fourth-order valence-corrected chi connectivity index (χ4v) is 2.02. The lowest BCUT2D eigenvalue weighted by molar-refractivity contribution is 0.482. The van der Waals surface area contributed by atoms with Gasteiger partial charge in [-0.25, -0.2) is 0 Å². The zero-order valence-corrected chi connectivity index (χ0v) is 11.9. The molecular weight excluding hydrogens is 262 g/mol. The van der Waals surface area contributed by atoms with E-state index < -0.39 is 0 Å². The topological polar surface area (TPSA) is 53.1 Å². The van der Waals surface area contributed by atoms with Gasteiger partial charge in [0.1, 0.15) is 5.75 Å². The highest BCUT2D eigenvalue weighted by Gasteiger charge is 2.08. The van der Waals surface area contributed by atoms with Gasteiger partial charge in [0.25, 0.3) is 0 Å². The Labute approximate surface area is 118 Å². The first-order valence-corrected chi connectivity index (χ1v) is 6.66. The standard InChI is InChI=1S/C14H18ClN3O/c1-3-11(16)6-10-4-5-14(13(15)7-10)19-12-8-17-18(2)9-12/h4-5,7-9,11H,3,6,16H2,1-2H3. The first-order chi connectivity index (χ1) is 9.08. The number of hydrogen-bond acceptors (Lipinski definition) is 3. The minimum atomic E-state index is 0.168. The van der Waals surface area contributed by atoms with Crippen molar-refractivity contribution in [2.45, 2.75) is 25.8 Å². The number of hydrogen-bond donors (Lipinski definition) is 1. The van der Waals surface area contributed by atoms with Crippen LogP contribution in [0.15, 0.2) is 30.6 Å². The molecule has 102 valence electrons. The fourth-order valence-electron chi connectivity index (χ4n) is 1.78. The quantitative estimate of drug-likeness (QED) is 0.915. The first-order valence-electron chi connectivity index (χ1n) is 6.29. The van der Waals surface area contributed by atoms with Crippen LogP contribution in [-0.2, 0) is 13.5 Å². The summed E-state index contributed by atoms with van der Waals surface area (Å²) in [6, 6.07) is 5.93. The molecule has 0 amide bonds. The molecule has 0 spiro atoms. The van der Waals surface area contributed by atoms with Crippen LogP contribution in [0.2, 0.25) is 5.02 Å². The van der Waals surface area contributed by atoms with Crippen LogP contribution in [0.5, 0.6) is 11.5 Å². The van der Waals surface area contributed by atoms with Gasteiger partial charge in [0.05, 0.1) is 17.4 Å². The molecule has 1 heterocycles. The van der Waals surface area contributed by atoms with E-state index in [0.29, 0.717) is 16.5 Å². The van der Waals surface area contributed by atoms with Gasteiger partial charge in [0.2, 0.25) is 0 Å². The van der Waals surface area contributed by atoms with E-state index in [1.165, 1.54) is 0 Å². The van der Waals surface area contributed by atoms with Crippen molar-refractivity contribution in [3.05, 3.63) is 41.2 Å². The van der Waals surface area contributed by atoms with Gasteiger partial charge in [0, 0.05) is 13.1 Å². The van der Waals surface area contributed by atoms with Crippen molar-refractivity contribution in [1.82, 2.24) is 9.78 Å². The molecule has 2 aromatic rings. The van der Waals surface area contributed by atoms with Crippen LogP contribution in [0.1, 0.15) is 18.9 Å². The van der Waals surface area contributed by atoms with Crippen LogP contribution in [-0.4, -0.2) is 15.8 Å². The van der Waals surface area contributed by atoms with Crippen LogP contribution in [0.25, 0.3) is 0 Å². The normalized spacial score (nSPS) is 12.4. The first kappa shape index (κ1) is 13.9. The molecule has 0 aliphatic carbocycles. The van der Waals surface area contributed by atoms with Gasteiger partial charge in [-0.15, -0.1) is 0 Å². The van der Waals surface area contributed by atoms with E-state index in [4.69, 9.17) is 22.1 Å². The molecule has 0 saturated heterocycles. The third-order valence-electron chi connectivity index (χ3n) is 2.93. The maximum absolute atomic E-state index is 6.22. The van der Waals surface area contributed by atoms with Crippen molar-refractivity contribution in [2.75, 3.05) is 0 Å². The minimum absolute atomic E-state index is 0.168. The number of ether oxygens (including phenoxy) is 1. The highest BCUT2D eigenvalue weighted by Crippen LogP contribution is 2.30. The summed E-state index contributed by atoms with van der Waals surface area (Å²) in [5.74, 6) is 1.30. The van der Waals surface area contributed by atoms with Gasteiger partial charge in [-0.3, -0.25) is 4.68 Å². The summed E-state index contributed by atoms with van der Waals surface area (Å²) in [4.78, 5) is 0. The lowest BCUT2D eigenvalue weighted by Gasteiger charge is -2.11. The average molecular weight is 280 g/mol. The van der Waals surface area contributed by atoms with Crippen molar-refractivity contribution in [2.24, 2.45) is 12.8 Å². The summed E-state index contributed by atoms with van der Waals surface area (Å²) in [6.07, 6.45) is 5.21. The zero-order chi connectivity index (χ0) is 13.8. The second-order valence-electron chi connectivity index (χ2n) is 4.59. The third-order valence-corrected chi connectivity index (χ3v) is 3.22. The van der Waals surface area contributed by atoms with Gasteiger partial charge in [-0.1, -0.05) is 24.6 Å². The summed E-state index contributed by atoms with van der Waals surface area (Å²) < 4.78 is 7.35. The van der Waals surface area contributed by atoms with E-state index in [0.717, 1.165) is 18.4 Å². The summed E-state index contributed by atoms with van der Waals surface area (Å²) in [5, 5.41) is 4.63. The largest absolute Gasteiger partial charge is 0.452 e. The molecule has 1 unspecified atom stereocenters. The molecule has 4 nitrogen and oxygen atoms in total. The second-order valence-corrected chi connectivity index (χ2v) is 5.00. The highest BCUT2D eigenvalue weighted by molar-refractivity contribution is 6.32. The molecule has 19 heavy (non-hydrogen) atoms. The van der Waals surface area contributed by atoms with E-state index in [-0.39, 0.29) is 6.04 Å². The molecule has 0 bridgehead atoms. The van der Waals surface area contributed by atoms with Gasteiger partial charge < -0.3 is 10.5 Å². The molecule has 0 fully saturated rings. The molecule has 2 rings (SSSR count). The van der Waals surface area contributed by atoms with Crippen molar-refractivity contribution >= 4 is 11.6 Å². The molecule has 0 aliphatic heterocycles. The number of nitrogens with zero attached hydrogens (tertiary/aromatic N) is 2. The summed E-state index contributed by atoms with van der Waals surface area (Å²) in [5.41, 5.74) is 7.06. The molecular formula is C14H18ClN3O. The van der Waals surface area contributed by atoms with Crippen LogP contribution < -0.4 is 10.5 Å². The Morgan fingerprint density at radius 1 is 1.47 bits per heavy atom. The molecule has 2 N–H and O–H groups in total. The van der Waals surface area contributed by atoms with E-state index in [2.05, 4.69) is 12.0 Å². The predicted molar refractivity (Wildman–Crippen MR) is 76.7 cm³/mol. The van der Waals surface area contributed by atoms with E-state index in [1.54, 1.807) is 17.1 Å². The number of nitrogens with two attached hydrogens (primary N) is 1. The number of benzene rings is 1. The minimum Gasteiger partial charge on any atom is -0.452 e. The number of aromatic nitrogens is 2. The molecule has 1 aromatic heterocycles. The monoisotopic (exact) mass is 279 g/mol. The number of rotatable bonds is 5. The van der Waals surface area contributed by atoms with Crippen LogP contribution in [0, 0.1) is 0 Å². The van der Waals surface area contributed by atoms with Crippen LogP contribution in [0.4, 0.5) is 0 Å². The maximum Gasteiger partial charge on any atom is 0.165 e. The van der Waals surface area contributed by atoms with E-state index in [9.17, 15) is 0 Å². The molecule has 0 aliphatic rings. The summed E-state index contributed by atoms with van der Waals surface area (Å²) in [7, 11) is 1.84. The Hall–Kier alpha value is -1.52. The van der Waals surface area contributed by atoms with E-state index in [1.807, 2.05) is 25.2 Å². The SMILES string of the molecule is CCC(N)Cc1ccc(Oc2cnn(C)c2)c(Cl)c1. The molecule has 0 radical (unpaired) electrons. The smallest absolute Gasteiger partial charge is 0.165 e. The second kappa shape index (κ2) is 6.08. The Morgan fingerprint density at radius 3 is 2.84 bits per heavy atom. The molecule has 1 aromatic carbocycles. The van der Waals surface area contributed by atoms with Crippen molar-refractivity contribution in [1.29, 1.82) is 0 Å².